The van der Waals surface area contributed by atoms with Gasteiger partial charge in [-0.3, -0.25) is 0 Å². The van der Waals surface area contributed by atoms with Gasteiger partial charge in [0.15, 0.2) is 0 Å². The summed E-state index contributed by atoms with van der Waals surface area (Å²) in [6.07, 6.45) is 0. The van der Waals surface area contributed by atoms with Gasteiger partial charge in [0.2, 0.25) is 0 Å². The summed E-state index contributed by atoms with van der Waals surface area (Å²) < 4.78 is 5.73. The number of aliphatic hydroxyl groups excluding tert-OH is 1. The molecule has 0 aromatic carbocycles. The van der Waals surface area contributed by atoms with Crippen molar-refractivity contribution in [3.8, 4) is 0 Å². The van der Waals surface area contributed by atoms with E-state index in [0.717, 1.165) is 36.8 Å². The Kier molecular flexibility index (Phi) is 4.11. The zero-order chi connectivity index (χ0) is 14.0. The second-order valence-electron chi connectivity index (χ2n) is 6.10. The van der Waals surface area contributed by atoms with Gasteiger partial charge in [-0.1, -0.05) is 13.8 Å². The summed E-state index contributed by atoms with van der Waals surface area (Å²) in [5.41, 5.74) is 1.82. The van der Waals surface area contributed by atoms with Crippen LogP contribution in [0.1, 0.15) is 44.9 Å². The molecule has 0 bridgehead atoms. The predicted molar refractivity (Wildman–Crippen MR) is 76.5 cm³/mol. The normalized spacial score (nSPS) is 18.9. The molecule has 0 unspecified atom stereocenters. The molecule has 1 fully saturated rings. The van der Waals surface area contributed by atoms with E-state index >= 15 is 0 Å². The van der Waals surface area contributed by atoms with Crippen LogP contribution in [0.3, 0.4) is 0 Å². The molecule has 1 saturated heterocycles. The van der Waals surface area contributed by atoms with Gasteiger partial charge < -0.3 is 14.7 Å². The van der Waals surface area contributed by atoms with Gasteiger partial charge in [0, 0.05) is 18.8 Å². The Balaban J connectivity index is 2.30. The quantitative estimate of drug-likeness (QED) is 0.910. The fraction of sp³-hybridized carbons (Fsp3) is 0.667. The zero-order valence-corrected chi connectivity index (χ0v) is 12.3. The monoisotopic (exact) mass is 264 g/mol. The number of aliphatic hydroxyl groups is 1. The zero-order valence-electron chi connectivity index (χ0n) is 12.3. The number of hydrogen-bond donors (Lipinski definition) is 1. The van der Waals surface area contributed by atoms with Gasteiger partial charge in [-0.25, -0.2) is 4.98 Å². The van der Waals surface area contributed by atoms with Crippen LogP contribution in [-0.4, -0.2) is 35.4 Å². The van der Waals surface area contributed by atoms with E-state index in [1.165, 1.54) is 0 Å². The Morgan fingerprint density at radius 3 is 2.74 bits per heavy atom. The molecule has 0 atom stereocenters. The van der Waals surface area contributed by atoms with Crippen molar-refractivity contribution in [2.45, 2.75) is 45.8 Å². The summed E-state index contributed by atoms with van der Waals surface area (Å²) in [7, 11) is 0. The Hall–Kier alpha value is -1.13. The number of hydrogen-bond acceptors (Lipinski definition) is 4. The van der Waals surface area contributed by atoms with Crippen molar-refractivity contribution in [1.82, 2.24) is 4.98 Å². The molecule has 0 saturated carbocycles. The number of aromatic nitrogens is 1. The standard InChI is InChI=1S/C15H24N2O2/c1-11(2)13-7-12(9-18)8-14(16-13)17-5-6-19-15(3,4)10-17/h7-8,11,18H,5-6,9-10H2,1-4H3. The molecule has 1 aromatic rings. The highest BCUT2D eigenvalue weighted by molar-refractivity contribution is 5.44. The van der Waals surface area contributed by atoms with Crippen LogP contribution in [-0.2, 0) is 11.3 Å². The molecule has 1 N–H and O–H groups in total. The lowest BCUT2D eigenvalue weighted by molar-refractivity contribution is -0.0279. The number of nitrogens with zero attached hydrogens (tertiary/aromatic N) is 2. The summed E-state index contributed by atoms with van der Waals surface area (Å²) in [5.74, 6) is 1.31. The maximum Gasteiger partial charge on any atom is 0.129 e. The first kappa shape index (κ1) is 14.3. The minimum Gasteiger partial charge on any atom is -0.392 e. The van der Waals surface area contributed by atoms with Crippen molar-refractivity contribution in [3.63, 3.8) is 0 Å². The van der Waals surface area contributed by atoms with Gasteiger partial charge in [-0.05, 0) is 37.5 Å². The molecule has 0 amide bonds. The summed E-state index contributed by atoms with van der Waals surface area (Å²) >= 11 is 0. The first-order valence-electron chi connectivity index (χ1n) is 6.92. The SMILES string of the molecule is CC(C)c1cc(CO)cc(N2CCOC(C)(C)C2)n1. The van der Waals surface area contributed by atoms with Gasteiger partial charge in [0.1, 0.15) is 5.82 Å². The van der Waals surface area contributed by atoms with Gasteiger partial charge >= 0.3 is 0 Å². The van der Waals surface area contributed by atoms with Gasteiger partial charge in [0.05, 0.1) is 18.8 Å². The number of morpholine rings is 1. The minimum atomic E-state index is -0.146. The topological polar surface area (TPSA) is 45.6 Å². The third kappa shape index (κ3) is 3.45. The van der Waals surface area contributed by atoms with Gasteiger partial charge in [0.25, 0.3) is 0 Å². The van der Waals surface area contributed by atoms with E-state index in [4.69, 9.17) is 9.72 Å². The molecule has 2 heterocycles. The third-order valence-electron chi connectivity index (χ3n) is 3.42. The van der Waals surface area contributed by atoms with Crippen LogP contribution in [0.2, 0.25) is 0 Å². The highest BCUT2D eigenvalue weighted by Gasteiger charge is 2.28. The lowest BCUT2D eigenvalue weighted by Crippen LogP contribution is -2.48. The van der Waals surface area contributed by atoms with Crippen LogP contribution in [0.15, 0.2) is 12.1 Å². The second-order valence-corrected chi connectivity index (χ2v) is 6.10. The van der Waals surface area contributed by atoms with Crippen LogP contribution in [0, 0.1) is 0 Å². The van der Waals surface area contributed by atoms with E-state index < -0.39 is 0 Å². The molecule has 1 aliphatic rings. The van der Waals surface area contributed by atoms with Crippen molar-refractivity contribution in [2.24, 2.45) is 0 Å². The largest absolute Gasteiger partial charge is 0.392 e. The average molecular weight is 264 g/mol. The van der Waals surface area contributed by atoms with E-state index in [-0.39, 0.29) is 12.2 Å². The second kappa shape index (κ2) is 5.47. The van der Waals surface area contributed by atoms with Crippen molar-refractivity contribution in [3.05, 3.63) is 23.4 Å². The van der Waals surface area contributed by atoms with Crippen LogP contribution in [0.5, 0.6) is 0 Å². The Bertz CT molecular complexity index is 444. The highest BCUT2D eigenvalue weighted by Crippen LogP contribution is 2.25. The highest BCUT2D eigenvalue weighted by atomic mass is 16.5. The lowest BCUT2D eigenvalue weighted by Gasteiger charge is -2.39. The first-order valence-corrected chi connectivity index (χ1v) is 6.92. The summed E-state index contributed by atoms with van der Waals surface area (Å²) in [5, 5.41) is 9.40. The number of anilines is 1. The predicted octanol–water partition coefficient (Wildman–Crippen LogP) is 2.31. The Labute approximate surface area is 115 Å². The van der Waals surface area contributed by atoms with Crippen LogP contribution in [0.25, 0.3) is 0 Å². The molecule has 2 rings (SSSR count). The van der Waals surface area contributed by atoms with E-state index in [9.17, 15) is 5.11 Å². The van der Waals surface area contributed by atoms with Crippen molar-refractivity contribution in [2.75, 3.05) is 24.6 Å². The van der Waals surface area contributed by atoms with Crippen molar-refractivity contribution >= 4 is 5.82 Å². The molecule has 1 aliphatic heterocycles. The molecule has 0 aliphatic carbocycles. The number of rotatable bonds is 3. The average Bonchev–Trinajstić information content (AvgIpc) is 2.37. The molecule has 106 valence electrons. The van der Waals surface area contributed by atoms with Gasteiger partial charge in [-0.15, -0.1) is 0 Å². The first-order chi connectivity index (χ1) is 8.91. The number of ether oxygens (including phenoxy) is 1. The lowest BCUT2D eigenvalue weighted by atomic mass is 10.1. The fourth-order valence-corrected chi connectivity index (χ4v) is 2.36. The van der Waals surface area contributed by atoms with E-state index in [1.54, 1.807) is 0 Å². The third-order valence-corrected chi connectivity index (χ3v) is 3.42. The summed E-state index contributed by atoms with van der Waals surface area (Å²) in [4.78, 5) is 6.97. The maximum atomic E-state index is 9.40. The Morgan fingerprint density at radius 2 is 2.16 bits per heavy atom. The molecule has 4 nitrogen and oxygen atoms in total. The molecule has 1 aromatic heterocycles. The molecule has 19 heavy (non-hydrogen) atoms. The van der Waals surface area contributed by atoms with E-state index in [2.05, 4.69) is 32.6 Å². The molecule has 0 radical (unpaired) electrons. The maximum absolute atomic E-state index is 9.40. The van der Waals surface area contributed by atoms with Gasteiger partial charge in [-0.2, -0.15) is 0 Å². The van der Waals surface area contributed by atoms with Crippen molar-refractivity contribution < 1.29 is 9.84 Å². The fourth-order valence-electron chi connectivity index (χ4n) is 2.36. The number of pyridine rings is 1. The van der Waals surface area contributed by atoms with E-state index in [1.807, 2.05) is 12.1 Å². The van der Waals surface area contributed by atoms with Crippen LogP contribution >= 0.6 is 0 Å². The molecular weight excluding hydrogens is 240 g/mol. The van der Waals surface area contributed by atoms with Crippen LogP contribution < -0.4 is 4.90 Å². The summed E-state index contributed by atoms with van der Waals surface area (Å²) in [6, 6.07) is 3.97. The molecule has 4 heteroatoms. The Morgan fingerprint density at radius 1 is 1.42 bits per heavy atom. The smallest absolute Gasteiger partial charge is 0.129 e. The summed E-state index contributed by atoms with van der Waals surface area (Å²) in [6.45, 7) is 10.9. The minimum absolute atomic E-state index is 0.0585. The molecular formula is C15H24N2O2. The van der Waals surface area contributed by atoms with Crippen LogP contribution in [0.4, 0.5) is 5.82 Å². The molecule has 0 spiro atoms. The van der Waals surface area contributed by atoms with Crippen molar-refractivity contribution in [1.29, 1.82) is 0 Å². The van der Waals surface area contributed by atoms with E-state index in [0.29, 0.717) is 5.92 Å².